The van der Waals surface area contributed by atoms with Gasteiger partial charge in [-0.3, -0.25) is 9.59 Å². The lowest BCUT2D eigenvalue weighted by Crippen LogP contribution is -2.29. The van der Waals surface area contributed by atoms with Crippen molar-refractivity contribution < 1.29 is 19.4 Å². The summed E-state index contributed by atoms with van der Waals surface area (Å²) in [6.07, 6.45) is 0. The number of rotatable bonds is 7. The SMILES string of the molecule is COc1ccc(NCc2ccc(Cl)cc2Cl)c(C(=O)NCC(=O)O)c1. The van der Waals surface area contributed by atoms with Crippen molar-refractivity contribution in [3.05, 3.63) is 57.6 Å². The summed E-state index contributed by atoms with van der Waals surface area (Å²) >= 11 is 12.0. The maximum absolute atomic E-state index is 12.2. The highest BCUT2D eigenvalue weighted by atomic mass is 35.5. The molecule has 0 aliphatic heterocycles. The van der Waals surface area contributed by atoms with Gasteiger partial charge in [0.1, 0.15) is 12.3 Å². The van der Waals surface area contributed by atoms with Gasteiger partial charge in [0.25, 0.3) is 5.91 Å². The van der Waals surface area contributed by atoms with E-state index in [4.69, 9.17) is 33.0 Å². The van der Waals surface area contributed by atoms with E-state index in [1.165, 1.54) is 13.2 Å². The van der Waals surface area contributed by atoms with Gasteiger partial charge in [0.15, 0.2) is 0 Å². The number of hydrogen-bond donors (Lipinski definition) is 3. The number of methoxy groups -OCH3 is 1. The van der Waals surface area contributed by atoms with Gasteiger partial charge in [-0.1, -0.05) is 29.3 Å². The summed E-state index contributed by atoms with van der Waals surface area (Å²) in [5.74, 6) is -1.17. The van der Waals surface area contributed by atoms with Gasteiger partial charge in [-0.2, -0.15) is 0 Å². The molecule has 0 aliphatic carbocycles. The first-order chi connectivity index (χ1) is 11.9. The summed E-state index contributed by atoms with van der Waals surface area (Å²) in [5, 5.41) is 15.2. The van der Waals surface area contributed by atoms with Gasteiger partial charge in [-0.05, 0) is 35.9 Å². The Labute approximate surface area is 154 Å². The van der Waals surface area contributed by atoms with Crippen LogP contribution in [-0.4, -0.2) is 30.6 Å². The van der Waals surface area contributed by atoms with Gasteiger partial charge >= 0.3 is 5.97 Å². The van der Waals surface area contributed by atoms with Crippen LogP contribution in [0.1, 0.15) is 15.9 Å². The number of nitrogens with one attached hydrogen (secondary N) is 2. The number of carbonyl (C=O) groups excluding carboxylic acids is 1. The average Bonchev–Trinajstić information content (AvgIpc) is 2.58. The molecule has 132 valence electrons. The molecule has 0 saturated carbocycles. The first-order valence-corrected chi connectivity index (χ1v) is 8.02. The zero-order valence-electron chi connectivity index (χ0n) is 13.3. The van der Waals surface area contributed by atoms with Crippen LogP contribution < -0.4 is 15.4 Å². The predicted octanol–water partition coefficient (Wildman–Crippen LogP) is 3.43. The Morgan fingerprint density at radius 2 is 1.92 bits per heavy atom. The summed E-state index contributed by atoms with van der Waals surface area (Å²) in [4.78, 5) is 22.9. The molecule has 8 heteroatoms. The lowest BCUT2D eigenvalue weighted by atomic mass is 10.1. The molecule has 0 atom stereocenters. The highest BCUT2D eigenvalue weighted by Gasteiger charge is 2.14. The lowest BCUT2D eigenvalue weighted by molar-refractivity contribution is -0.135. The molecule has 0 unspecified atom stereocenters. The number of carbonyl (C=O) groups is 2. The molecular formula is C17H16Cl2N2O4. The van der Waals surface area contributed by atoms with Gasteiger partial charge < -0.3 is 20.5 Å². The molecule has 0 saturated heterocycles. The van der Waals surface area contributed by atoms with Crippen LogP contribution in [0.25, 0.3) is 0 Å². The molecule has 1 amide bonds. The number of anilines is 1. The molecule has 0 heterocycles. The molecule has 2 rings (SSSR count). The smallest absolute Gasteiger partial charge is 0.322 e. The highest BCUT2D eigenvalue weighted by Crippen LogP contribution is 2.25. The summed E-state index contributed by atoms with van der Waals surface area (Å²) in [7, 11) is 1.48. The maximum Gasteiger partial charge on any atom is 0.322 e. The molecular weight excluding hydrogens is 367 g/mol. The van der Waals surface area contributed by atoms with Crippen molar-refractivity contribution in [1.29, 1.82) is 0 Å². The van der Waals surface area contributed by atoms with Crippen molar-refractivity contribution in [2.75, 3.05) is 19.0 Å². The van der Waals surface area contributed by atoms with E-state index in [-0.39, 0.29) is 5.56 Å². The molecule has 0 spiro atoms. The molecule has 0 radical (unpaired) electrons. The quantitative estimate of drug-likeness (QED) is 0.682. The Morgan fingerprint density at radius 1 is 1.16 bits per heavy atom. The Balaban J connectivity index is 2.21. The zero-order chi connectivity index (χ0) is 18.4. The monoisotopic (exact) mass is 382 g/mol. The Bertz CT molecular complexity index is 796. The van der Waals surface area contributed by atoms with Crippen molar-refractivity contribution >= 4 is 40.8 Å². The van der Waals surface area contributed by atoms with Crippen LogP contribution in [0.3, 0.4) is 0 Å². The van der Waals surface area contributed by atoms with E-state index in [0.717, 1.165) is 5.56 Å². The van der Waals surface area contributed by atoms with Crippen molar-refractivity contribution in [3.63, 3.8) is 0 Å². The predicted molar refractivity (Wildman–Crippen MR) is 96.8 cm³/mol. The van der Waals surface area contributed by atoms with E-state index in [1.807, 2.05) is 0 Å². The van der Waals surface area contributed by atoms with Crippen molar-refractivity contribution in [1.82, 2.24) is 5.32 Å². The number of amides is 1. The van der Waals surface area contributed by atoms with E-state index in [0.29, 0.717) is 28.0 Å². The molecule has 6 nitrogen and oxygen atoms in total. The van der Waals surface area contributed by atoms with E-state index >= 15 is 0 Å². The second-order valence-corrected chi connectivity index (χ2v) is 5.92. The maximum atomic E-state index is 12.2. The van der Waals surface area contributed by atoms with Crippen LogP contribution >= 0.6 is 23.2 Å². The summed E-state index contributed by atoms with van der Waals surface area (Å²) in [6, 6.07) is 10.0. The van der Waals surface area contributed by atoms with Crippen LogP contribution in [0.5, 0.6) is 5.75 Å². The van der Waals surface area contributed by atoms with Crippen molar-refractivity contribution in [2.45, 2.75) is 6.54 Å². The van der Waals surface area contributed by atoms with Gasteiger partial charge in [-0.15, -0.1) is 0 Å². The summed E-state index contributed by atoms with van der Waals surface area (Å²) in [6.45, 7) is -0.111. The third kappa shape index (κ3) is 5.27. The number of aliphatic carboxylic acids is 1. The molecule has 0 aliphatic rings. The molecule has 0 fully saturated rings. The van der Waals surface area contributed by atoms with Gasteiger partial charge in [0, 0.05) is 22.3 Å². The van der Waals surface area contributed by atoms with E-state index in [9.17, 15) is 9.59 Å². The fourth-order valence-corrected chi connectivity index (χ4v) is 2.57. The number of hydrogen-bond acceptors (Lipinski definition) is 4. The van der Waals surface area contributed by atoms with Crippen LogP contribution in [0.4, 0.5) is 5.69 Å². The largest absolute Gasteiger partial charge is 0.497 e. The fraction of sp³-hybridized carbons (Fsp3) is 0.176. The minimum atomic E-state index is -1.13. The molecule has 2 aromatic rings. The normalized spacial score (nSPS) is 10.2. The molecule has 3 N–H and O–H groups in total. The van der Waals surface area contributed by atoms with Crippen molar-refractivity contribution in [2.24, 2.45) is 0 Å². The van der Waals surface area contributed by atoms with Gasteiger partial charge in [-0.25, -0.2) is 0 Å². The number of halogens is 2. The lowest BCUT2D eigenvalue weighted by Gasteiger charge is -2.14. The van der Waals surface area contributed by atoms with Crippen LogP contribution in [0.2, 0.25) is 10.0 Å². The summed E-state index contributed by atoms with van der Waals surface area (Å²) < 4.78 is 5.12. The summed E-state index contributed by atoms with van der Waals surface area (Å²) in [5.41, 5.74) is 1.60. The van der Waals surface area contributed by atoms with Gasteiger partial charge in [0.05, 0.1) is 12.7 Å². The number of carboxylic acids is 1. The molecule has 0 aromatic heterocycles. The van der Waals surface area contributed by atoms with E-state index in [2.05, 4.69) is 10.6 Å². The second kappa shape index (κ2) is 8.60. The van der Waals surface area contributed by atoms with Crippen molar-refractivity contribution in [3.8, 4) is 5.75 Å². The van der Waals surface area contributed by atoms with Gasteiger partial charge in [0.2, 0.25) is 0 Å². The van der Waals surface area contributed by atoms with E-state index in [1.54, 1.807) is 30.3 Å². The van der Waals surface area contributed by atoms with Crippen LogP contribution in [-0.2, 0) is 11.3 Å². The molecule has 2 aromatic carbocycles. The Kier molecular flexibility index (Phi) is 6.50. The van der Waals surface area contributed by atoms with E-state index < -0.39 is 18.4 Å². The highest BCUT2D eigenvalue weighted by molar-refractivity contribution is 6.35. The first kappa shape index (κ1) is 18.9. The Morgan fingerprint density at radius 3 is 2.56 bits per heavy atom. The molecule has 25 heavy (non-hydrogen) atoms. The average molecular weight is 383 g/mol. The topological polar surface area (TPSA) is 87.7 Å². The Hall–Kier alpha value is -2.44. The minimum absolute atomic E-state index is 0.269. The second-order valence-electron chi connectivity index (χ2n) is 5.08. The van der Waals surface area contributed by atoms with Crippen LogP contribution in [0, 0.1) is 0 Å². The zero-order valence-corrected chi connectivity index (χ0v) is 14.8. The molecule has 0 bridgehead atoms. The minimum Gasteiger partial charge on any atom is -0.497 e. The van der Waals surface area contributed by atoms with Crippen LogP contribution in [0.15, 0.2) is 36.4 Å². The third-order valence-corrected chi connectivity index (χ3v) is 3.94. The fourth-order valence-electron chi connectivity index (χ4n) is 2.10. The first-order valence-electron chi connectivity index (χ1n) is 7.26. The number of carboxylic acid groups (broad SMARTS) is 1. The third-order valence-electron chi connectivity index (χ3n) is 3.36. The number of benzene rings is 2. The number of ether oxygens (including phenoxy) is 1. The standard InChI is InChI=1S/C17H16Cl2N2O4/c1-25-12-4-5-15(13(7-12)17(24)21-9-16(22)23)20-8-10-2-3-11(18)6-14(10)19/h2-7,20H,8-9H2,1H3,(H,21,24)(H,22,23).